The molecule has 0 amide bonds. The van der Waals surface area contributed by atoms with Crippen LogP contribution in [0, 0.1) is 5.82 Å². The highest BCUT2D eigenvalue weighted by atomic mass is 19.1. The second kappa shape index (κ2) is 6.27. The van der Waals surface area contributed by atoms with Crippen molar-refractivity contribution in [3.63, 3.8) is 0 Å². The molecular weight excluding hydrogens is 242 g/mol. The van der Waals surface area contributed by atoms with Gasteiger partial charge in [0.05, 0.1) is 13.7 Å². The number of rotatable bonds is 5. The van der Waals surface area contributed by atoms with Gasteiger partial charge >= 0.3 is 0 Å². The zero-order chi connectivity index (χ0) is 13.7. The molecule has 0 heterocycles. The Hall–Kier alpha value is -1.97. The van der Waals surface area contributed by atoms with Crippen LogP contribution < -0.4 is 14.9 Å². The minimum atomic E-state index is -0.237. The monoisotopic (exact) mass is 258 g/mol. The molecular formula is C15H16BFO2. The normalized spacial score (nSPS) is 10.2. The molecule has 0 saturated carbocycles. The highest BCUT2D eigenvalue weighted by molar-refractivity contribution is 6.32. The Morgan fingerprint density at radius 1 is 1.11 bits per heavy atom. The standard InChI is InChI=1S/C15H16BFO2/c1-18-12-4-2-3-11(9-12)7-8-19-13-5-6-14(16)15(17)10-13/h2-6,9-10H,7-8,16H2,1H3. The van der Waals surface area contributed by atoms with Gasteiger partial charge in [-0.2, -0.15) is 0 Å². The number of halogens is 1. The summed E-state index contributed by atoms with van der Waals surface area (Å²) in [5, 5.41) is 0. The minimum absolute atomic E-state index is 0.237. The molecule has 0 unspecified atom stereocenters. The quantitative estimate of drug-likeness (QED) is 0.760. The smallest absolute Gasteiger partial charge is 0.143 e. The highest BCUT2D eigenvalue weighted by Crippen LogP contribution is 2.14. The molecule has 0 N–H and O–H groups in total. The van der Waals surface area contributed by atoms with Crippen molar-refractivity contribution in [1.29, 1.82) is 0 Å². The summed E-state index contributed by atoms with van der Waals surface area (Å²) in [6, 6.07) is 12.8. The van der Waals surface area contributed by atoms with E-state index in [-0.39, 0.29) is 5.82 Å². The van der Waals surface area contributed by atoms with Crippen LogP contribution in [0.1, 0.15) is 5.56 Å². The molecule has 19 heavy (non-hydrogen) atoms. The third kappa shape index (κ3) is 3.75. The van der Waals surface area contributed by atoms with Crippen LogP contribution in [0.15, 0.2) is 42.5 Å². The molecule has 4 heteroatoms. The predicted octanol–water partition coefficient (Wildman–Crippen LogP) is 1.71. The van der Waals surface area contributed by atoms with Crippen LogP contribution in [0.25, 0.3) is 0 Å². The van der Waals surface area contributed by atoms with Crippen LogP contribution in [0.4, 0.5) is 4.39 Å². The zero-order valence-electron chi connectivity index (χ0n) is 11.2. The molecule has 0 radical (unpaired) electrons. The maximum atomic E-state index is 13.3. The van der Waals surface area contributed by atoms with Crippen molar-refractivity contribution in [2.75, 3.05) is 13.7 Å². The van der Waals surface area contributed by atoms with Crippen LogP contribution in [0.3, 0.4) is 0 Å². The summed E-state index contributed by atoms with van der Waals surface area (Å²) in [4.78, 5) is 0. The largest absolute Gasteiger partial charge is 0.497 e. The lowest BCUT2D eigenvalue weighted by atomic mass is 9.96. The van der Waals surface area contributed by atoms with E-state index in [9.17, 15) is 4.39 Å². The molecule has 2 nitrogen and oxygen atoms in total. The van der Waals surface area contributed by atoms with E-state index < -0.39 is 0 Å². The summed E-state index contributed by atoms with van der Waals surface area (Å²) in [7, 11) is 3.38. The average molecular weight is 258 g/mol. The van der Waals surface area contributed by atoms with Gasteiger partial charge in [0.1, 0.15) is 25.2 Å². The number of ether oxygens (including phenoxy) is 2. The molecule has 0 aromatic heterocycles. The molecule has 2 aromatic carbocycles. The summed E-state index contributed by atoms with van der Waals surface area (Å²) in [6.45, 7) is 0.510. The third-order valence-corrected chi connectivity index (χ3v) is 2.94. The van der Waals surface area contributed by atoms with E-state index in [1.807, 2.05) is 24.3 Å². The molecule has 2 aromatic rings. The Bertz CT molecular complexity index is 558. The van der Waals surface area contributed by atoms with Crippen LogP contribution in [0.5, 0.6) is 11.5 Å². The zero-order valence-corrected chi connectivity index (χ0v) is 11.2. The summed E-state index contributed by atoms with van der Waals surface area (Å²) in [5.41, 5.74) is 1.76. The van der Waals surface area contributed by atoms with E-state index in [4.69, 9.17) is 9.47 Å². The Morgan fingerprint density at radius 2 is 1.95 bits per heavy atom. The maximum Gasteiger partial charge on any atom is 0.143 e. The van der Waals surface area contributed by atoms with Crippen molar-refractivity contribution < 1.29 is 13.9 Å². The Kier molecular flexibility index (Phi) is 4.45. The molecule has 0 atom stereocenters. The van der Waals surface area contributed by atoms with Gasteiger partial charge in [-0.05, 0) is 23.8 Å². The summed E-state index contributed by atoms with van der Waals surface area (Å²) >= 11 is 0. The van der Waals surface area contributed by atoms with E-state index in [1.165, 1.54) is 6.07 Å². The van der Waals surface area contributed by atoms with Gasteiger partial charge in [0, 0.05) is 12.5 Å². The fourth-order valence-corrected chi connectivity index (χ4v) is 1.78. The fourth-order valence-electron chi connectivity index (χ4n) is 1.78. The molecule has 0 fully saturated rings. The number of hydrogen-bond donors (Lipinski definition) is 0. The van der Waals surface area contributed by atoms with E-state index in [0.29, 0.717) is 17.8 Å². The summed E-state index contributed by atoms with van der Waals surface area (Å²) in [5.74, 6) is 1.16. The molecule has 0 aliphatic rings. The Labute approximate surface area is 113 Å². The van der Waals surface area contributed by atoms with E-state index in [1.54, 1.807) is 27.1 Å². The van der Waals surface area contributed by atoms with Crippen molar-refractivity contribution in [3.8, 4) is 11.5 Å². The molecule has 0 bridgehead atoms. The van der Waals surface area contributed by atoms with E-state index in [2.05, 4.69) is 0 Å². The Morgan fingerprint density at radius 3 is 2.68 bits per heavy atom. The van der Waals surface area contributed by atoms with Gasteiger partial charge in [-0.25, -0.2) is 4.39 Å². The minimum Gasteiger partial charge on any atom is -0.497 e. The van der Waals surface area contributed by atoms with Gasteiger partial charge in [0.15, 0.2) is 0 Å². The maximum absolute atomic E-state index is 13.3. The van der Waals surface area contributed by atoms with Gasteiger partial charge in [-0.15, -0.1) is 0 Å². The third-order valence-electron chi connectivity index (χ3n) is 2.94. The topological polar surface area (TPSA) is 18.5 Å². The van der Waals surface area contributed by atoms with Gasteiger partial charge < -0.3 is 9.47 Å². The first kappa shape index (κ1) is 13.5. The number of hydrogen-bond acceptors (Lipinski definition) is 2. The van der Waals surface area contributed by atoms with Gasteiger partial charge in [0.2, 0.25) is 0 Å². The summed E-state index contributed by atoms with van der Waals surface area (Å²) in [6.07, 6.45) is 0.757. The second-order valence-corrected chi connectivity index (χ2v) is 4.36. The molecule has 0 aliphatic heterocycles. The first-order valence-corrected chi connectivity index (χ1v) is 6.21. The average Bonchev–Trinajstić information content (AvgIpc) is 2.43. The predicted molar refractivity (Wildman–Crippen MR) is 76.8 cm³/mol. The number of methoxy groups -OCH3 is 1. The van der Waals surface area contributed by atoms with E-state index in [0.717, 1.165) is 17.7 Å². The SMILES string of the molecule is Bc1ccc(OCCc2cccc(OC)c2)cc1F. The van der Waals surface area contributed by atoms with Gasteiger partial charge in [-0.1, -0.05) is 23.7 Å². The van der Waals surface area contributed by atoms with Crippen molar-refractivity contribution in [2.45, 2.75) is 6.42 Å². The van der Waals surface area contributed by atoms with Crippen LogP contribution in [-0.4, -0.2) is 21.6 Å². The lowest BCUT2D eigenvalue weighted by Crippen LogP contribution is -2.09. The van der Waals surface area contributed by atoms with Crippen LogP contribution in [0.2, 0.25) is 0 Å². The lowest BCUT2D eigenvalue weighted by Gasteiger charge is -2.08. The van der Waals surface area contributed by atoms with Crippen molar-refractivity contribution >= 4 is 13.3 Å². The molecule has 98 valence electrons. The van der Waals surface area contributed by atoms with Gasteiger partial charge in [-0.3, -0.25) is 0 Å². The van der Waals surface area contributed by atoms with Crippen LogP contribution >= 0.6 is 0 Å². The lowest BCUT2D eigenvalue weighted by molar-refractivity contribution is 0.320. The van der Waals surface area contributed by atoms with Crippen molar-refractivity contribution in [2.24, 2.45) is 0 Å². The second-order valence-electron chi connectivity index (χ2n) is 4.36. The molecule has 0 aliphatic carbocycles. The van der Waals surface area contributed by atoms with Crippen molar-refractivity contribution in [3.05, 3.63) is 53.8 Å². The first-order valence-electron chi connectivity index (χ1n) is 6.21. The van der Waals surface area contributed by atoms with Crippen LogP contribution in [-0.2, 0) is 6.42 Å². The molecule has 2 rings (SSSR count). The summed E-state index contributed by atoms with van der Waals surface area (Å²) < 4.78 is 24.0. The molecule has 0 saturated heterocycles. The fraction of sp³-hybridized carbons (Fsp3) is 0.200. The number of benzene rings is 2. The first-order chi connectivity index (χ1) is 9.19. The van der Waals surface area contributed by atoms with Gasteiger partial charge in [0.25, 0.3) is 0 Å². The van der Waals surface area contributed by atoms with Crippen molar-refractivity contribution in [1.82, 2.24) is 0 Å². The highest BCUT2D eigenvalue weighted by Gasteiger charge is 2.01. The van der Waals surface area contributed by atoms with E-state index >= 15 is 0 Å². The molecule has 0 spiro atoms. The Balaban J connectivity index is 1.90.